The van der Waals surface area contributed by atoms with Crippen molar-refractivity contribution in [1.29, 1.82) is 0 Å². The molecule has 0 amide bonds. The van der Waals surface area contributed by atoms with Crippen LogP contribution in [0.25, 0.3) is 10.9 Å². The van der Waals surface area contributed by atoms with E-state index < -0.39 is 17.8 Å². The molecular weight excluding hydrogens is 487 g/mol. The van der Waals surface area contributed by atoms with Gasteiger partial charge in [0.2, 0.25) is 0 Å². The summed E-state index contributed by atoms with van der Waals surface area (Å²) >= 11 is 0. The molecule has 0 radical (unpaired) electrons. The molecule has 0 aliphatic carbocycles. The van der Waals surface area contributed by atoms with Gasteiger partial charge in [-0.25, -0.2) is 9.97 Å². The van der Waals surface area contributed by atoms with Crippen LogP contribution in [0.15, 0.2) is 30.3 Å². The predicted molar refractivity (Wildman–Crippen MR) is 136 cm³/mol. The normalized spacial score (nSPS) is 15.0. The maximum atomic E-state index is 13.3. The fourth-order valence-corrected chi connectivity index (χ4v) is 4.25. The third kappa shape index (κ3) is 6.53. The Kier molecular flexibility index (Phi) is 7.93. The second-order valence-corrected chi connectivity index (χ2v) is 9.41. The van der Waals surface area contributed by atoms with E-state index in [-0.39, 0.29) is 5.69 Å². The first-order valence-electron chi connectivity index (χ1n) is 12.0. The highest BCUT2D eigenvalue weighted by Crippen LogP contribution is 2.37. The van der Waals surface area contributed by atoms with E-state index in [0.29, 0.717) is 52.1 Å². The van der Waals surface area contributed by atoms with Crippen LogP contribution in [0.2, 0.25) is 0 Å². The fraction of sp³-hybridized carbons (Fsp3) is 0.462. The molecule has 2 aromatic carbocycles. The Morgan fingerprint density at radius 1 is 1.16 bits per heavy atom. The zero-order valence-electron chi connectivity index (χ0n) is 21.4. The molecule has 4 rings (SSSR count). The number of nitrogens with zero attached hydrogens (tertiary/aromatic N) is 3. The number of fused-ring (bicyclic) bond motifs is 1. The minimum Gasteiger partial charge on any atom is -0.493 e. The van der Waals surface area contributed by atoms with Crippen LogP contribution in [0.4, 0.5) is 24.7 Å². The SMILES string of the molecule is COc1cc2nc(C)nc(N[C@H](C)c3cc(N)cc(C(F)(F)F)c3)c2cc1OCCN(C)CC1COC1. The van der Waals surface area contributed by atoms with E-state index >= 15 is 0 Å². The van der Waals surface area contributed by atoms with Crippen LogP contribution in [0.5, 0.6) is 11.5 Å². The summed E-state index contributed by atoms with van der Waals surface area (Å²) in [6.45, 7) is 7.20. The highest BCUT2D eigenvalue weighted by molar-refractivity contribution is 5.92. The van der Waals surface area contributed by atoms with Crippen LogP contribution < -0.4 is 20.5 Å². The molecule has 0 saturated carbocycles. The Bertz CT molecular complexity index is 1250. The van der Waals surface area contributed by atoms with Gasteiger partial charge < -0.3 is 30.2 Å². The summed E-state index contributed by atoms with van der Waals surface area (Å²) in [6.07, 6.45) is -4.50. The second-order valence-electron chi connectivity index (χ2n) is 9.41. The second kappa shape index (κ2) is 11.0. The fourth-order valence-electron chi connectivity index (χ4n) is 4.25. The van der Waals surface area contributed by atoms with Crippen molar-refractivity contribution < 1.29 is 27.4 Å². The van der Waals surface area contributed by atoms with Gasteiger partial charge in [-0.05, 0) is 50.7 Å². The quantitative estimate of drug-likeness (QED) is 0.373. The van der Waals surface area contributed by atoms with E-state index in [1.165, 1.54) is 6.07 Å². The summed E-state index contributed by atoms with van der Waals surface area (Å²) in [4.78, 5) is 11.2. The molecule has 37 heavy (non-hydrogen) atoms. The first-order valence-corrected chi connectivity index (χ1v) is 12.0. The van der Waals surface area contributed by atoms with Crippen molar-refractivity contribution in [2.75, 3.05) is 58.1 Å². The number of halogens is 3. The third-order valence-corrected chi connectivity index (χ3v) is 6.26. The first-order chi connectivity index (χ1) is 17.5. The average Bonchev–Trinajstić information content (AvgIpc) is 2.80. The monoisotopic (exact) mass is 519 g/mol. The molecule has 0 spiro atoms. The van der Waals surface area contributed by atoms with E-state index in [1.807, 2.05) is 7.05 Å². The topological polar surface area (TPSA) is 94.8 Å². The first kappa shape index (κ1) is 26.7. The van der Waals surface area contributed by atoms with Gasteiger partial charge in [0.05, 0.1) is 37.4 Å². The number of hydrogen-bond donors (Lipinski definition) is 2. The molecule has 1 fully saturated rings. The Hall–Kier alpha value is -3.31. The summed E-state index contributed by atoms with van der Waals surface area (Å²) in [7, 11) is 3.60. The molecule has 1 aromatic heterocycles. The van der Waals surface area contributed by atoms with Gasteiger partial charge in [-0.15, -0.1) is 0 Å². The molecule has 11 heteroatoms. The van der Waals surface area contributed by atoms with Crippen LogP contribution in [0, 0.1) is 12.8 Å². The Labute approximate surface area is 213 Å². The number of aryl methyl sites for hydroxylation is 1. The molecule has 8 nitrogen and oxygen atoms in total. The van der Waals surface area contributed by atoms with E-state index in [9.17, 15) is 13.2 Å². The Morgan fingerprint density at radius 3 is 2.57 bits per heavy atom. The molecule has 1 aliphatic rings. The molecule has 200 valence electrons. The van der Waals surface area contributed by atoms with Gasteiger partial charge in [0, 0.05) is 36.1 Å². The molecule has 1 aliphatic heterocycles. The number of benzene rings is 2. The summed E-state index contributed by atoms with van der Waals surface area (Å²) in [5.74, 6) is 2.60. The van der Waals surface area contributed by atoms with Crippen LogP contribution in [-0.2, 0) is 10.9 Å². The number of nitrogens with two attached hydrogens (primary N) is 1. The molecule has 0 bridgehead atoms. The molecule has 3 N–H and O–H groups in total. The Morgan fingerprint density at radius 2 is 1.92 bits per heavy atom. The summed E-state index contributed by atoms with van der Waals surface area (Å²) in [5, 5.41) is 3.89. The van der Waals surface area contributed by atoms with Crippen LogP contribution in [-0.4, -0.2) is 61.9 Å². The van der Waals surface area contributed by atoms with Crippen molar-refractivity contribution in [3.05, 3.63) is 47.3 Å². The molecule has 2 heterocycles. The molecular formula is C26H32F3N5O3. The lowest BCUT2D eigenvalue weighted by molar-refractivity contribution is -0.137. The van der Waals surface area contributed by atoms with Crippen molar-refractivity contribution in [3.8, 4) is 11.5 Å². The van der Waals surface area contributed by atoms with Gasteiger partial charge in [-0.3, -0.25) is 0 Å². The van der Waals surface area contributed by atoms with E-state index in [0.717, 1.165) is 38.4 Å². The molecule has 1 atom stereocenters. The minimum absolute atomic E-state index is 0.0393. The van der Waals surface area contributed by atoms with E-state index in [1.54, 1.807) is 33.1 Å². The number of ether oxygens (including phenoxy) is 3. The lowest BCUT2D eigenvalue weighted by Crippen LogP contribution is -2.39. The largest absolute Gasteiger partial charge is 0.493 e. The van der Waals surface area contributed by atoms with Gasteiger partial charge in [0.25, 0.3) is 0 Å². The lowest BCUT2D eigenvalue weighted by Gasteiger charge is -2.30. The standard InChI is InChI=1S/C26H32F3N5O3/c1-15(18-7-19(26(27,28)29)9-20(30)8-18)31-25-21-10-24(23(35-4)11-22(21)32-16(2)33-25)37-6-5-34(3)12-17-13-36-14-17/h7-11,15,17H,5-6,12-14,30H2,1-4H3,(H,31,32,33)/t15-/m1/s1. The molecule has 1 saturated heterocycles. The van der Waals surface area contributed by atoms with Crippen molar-refractivity contribution in [3.63, 3.8) is 0 Å². The number of aromatic nitrogens is 2. The van der Waals surface area contributed by atoms with Crippen molar-refractivity contribution >= 4 is 22.4 Å². The Balaban J connectivity index is 1.57. The van der Waals surface area contributed by atoms with Crippen LogP contribution >= 0.6 is 0 Å². The number of anilines is 2. The zero-order chi connectivity index (χ0) is 26.7. The van der Waals surface area contributed by atoms with Crippen LogP contribution in [0.3, 0.4) is 0 Å². The van der Waals surface area contributed by atoms with Gasteiger partial charge >= 0.3 is 6.18 Å². The summed E-state index contributed by atoms with van der Waals surface area (Å²) in [6, 6.07) is 6.59. The smallest absolute Gasteiger partial charge is 0.416 e. The predicted octanol–water partition coefficient (Wildman–Crippen LogP) is 4.68. The highest BCUT2D eigenvalue weighted by atomic mass is 19.4. The van der Waals surface area contributed by atoms with E-state index in [4.69, 9.17) is 19.9 Å². The number of likely N-dealkylation sites (N-methyl/N-ethyl adjacent to an activating group) is 1. The third-order valence-electron chi connectivity index (χ3n) is 6.26. The van der Waals surface area contributed by atoms with Crippen molar-refractivity contribution in [1.82, 2.24) is 14.9 Å². The van der Waals surface area contributed by atoms with E-state index in [2.05, 4.69) is 20.2 Å². The lowest BCUT2D eigenvalue weighted by atomic mass is 10.0. The maximum Gasteiger partial charge on any atom is 0.416 e. The molecule has 3 aromatic rings. The van der Waals surface area contributed by atoms with Crippen molar-refractivity contribution in [2.24, 2.45) is 5.92 Å². The van der Waals surface area contributed by atoms with Gasteiger partial charge in [0.1, 0.15) is 18.2 Å². The zero-order valence-corrected chi connectivity index (χ0v) is 21.4. The summed E-state index contributed by atoms with van der Waals surface area (Å²) < 4.78 is 56.8. The van der Waals surface area contributed by atoms with Gasteiger partial charge in [-0.1, -0.05) is 0 Å². The molecule has 0 unspecified atom stereocenters. The average molecular weight is 520 g/mol. The van der Waals surface area contributed by atoms with Gasteiger partial charge in [0.15, 0.2) is 11.5 Å². The number of hydrogen-bond acceptors (Lipinski definition) is 8. The van der Waals surface area contributed by atoms with Gasteiger partial charge in [-0.2, -0.15) is 13.2 Å². The number of methoxy groups -OCH3 is 1. The van der Waals surface area contributed by atoms with Crippen molar-refractivity contribution in [2.45, 2.75) is 26.1 Å². The minimum atomic E-state index is -4.50. The number of nitrogen functional groups attached to an aromatic ring is 1. The highest BCUT2D eigenvalue weighted by Gasteiger charge is 2.31. The summed E-state index contributed by atoms with van der Waals surface area (Å²) in [5.41, 5.74) is 6.02. The maximum absolute atomic E-state index is 13.3. The number of nitrogens with one attached hydrogen (secondary N) is 1. The number of alkyl halides is 3. The van der Waals surface area contributed by atoms with Crippen LogP contribution in [0.1, 0.15) is 29.9 Å². The number of rotatable bonds is 10.